The fourth-order valence-corrected chi connectivity index (χ4v) is 13.1. The third kappa shape index (κ3) is 5.89. The lowest BCUT2D eigenvalue weighted by Crippen LogP contribution is -2.37. The normalized spacial score (nSPS) is 14.2. The van der Waals surface area contributed by atoms with Gasteiger partial charge in [0.25, 0.3) is 0 Å². The van der Waals surface area contributed by atoms with E-state index in [-0.39, 0.29) is 5.41 Å². The molecule has 5 heteroatoms. The van der Waals surface area contributed by atoms with E-state index in [2.05, 4.69) is 288 Å². The highest BCUT2D eigenvalue weighted by Crippen LogP contribution is 2.59. The number of hydrogen-bond acceptors (Lipinski definition) is 3. The molecule has 5 nitrogen and oxygen atoms in total. The molecule has 0 saturated carbocycles. The van der Waals surface area contributed by atoms with E-state index in [1.807, 2.05) is 6.20 Å². The Bertz CT molecular complexity index is 4180. The average Bonchev–Trinajstić information content (AvgIpc) is 3.99. The Morgan fingerprint density at radius 1 is 0.311 bits per heavy atom. The molecule has 74 heavy (non-hydrogen) atoms. The summed E-state index contributed by atoms with van der Waals surface area (Å²) in [6.07, 6.45) is 4.03. The standard InChI is InChI=1S/C69H49N5/c1-68(2)56-29-13-19-35-64(56)73(66-38-37-48(44-59(66)68)71-60-31-15-9-25-52(60)53-26-10-16-32-61(53)71)50-41-49(72-62-33-17-11-27-54(62)55-28-12-18-34-63(55)72)42-51(43-50)74-65-36-20-14-30-57(65)69(46-21-5-3-6-22-46,47-23-7-4-8-24-47)58-39-40-70-45-67(58)74/h3-45H,1-2H3. The van der Waals surface area contributed by atoms with Crippen LogP contribution in [-0.2, 0) is 10.8 Å². The smallest absolute Gasteiger partial charge is 0.0743 e. The maximum Gasteiger partial charge on any atom is 0.0743 e. The zero-order valence-corrected chi connectivity index (χ0v) is 41.1. The summed E-state index contributed by atoms with van der Waals surface area (Å²) in [5.74, 6) is 0. The highest BCUT2D eigenvalue weighted by molar-refractivity contribution is 6.10. The van der Waals surface area contributed by atoms with Crippen LogP contribution in [0.4, 0.5) is 34.1 Å². The van der Waals surface area contributed by atoms with Crippen molar-refractivity contribution in [2.45, 2.75) is 24.7 Å². The third-order valence-electron chi connectivity index (χ3n) is 16.2. The zero-order valence-electron chi connectivity index (χ0n) is 41.1. The van der Waals surface area contributed by atoms with E-state index >= 15 is 0 Å². The van der Waals surface area contributed by atoms with E-state index in [1.54, 1.807) is 0 Å². The summed E-state index contributed by atoms with van der Waals surface area (Å²) in [6, 6.07) is 91.8. The Labute approximate surface area is 430 Å². The SMILES string of the molecule is CC1(C)c2ccccc2N(c2cc(N3c4ccccc4C(c4ccccc4)(c4ccccc4)c4ccncc43)cc(-n3c4ccccc4c4ccccc43)c2)c2ccc(-n3c4ccccc4c4ccccc43)cc21. The minimum Gasteiger partial charge on any atom is -0.310 e. The van der Waals surface area contributed by atoms with E-state index in [9.17, 15) is 0 Å². The number of pyridine rings is 1. The van der Waals surface area contributed by atoms with E-state index in [1.165, 1.54) is 66.0 Å². The summed E-state index contributed by atoms with van der Waals surface area (Å²) in [5, 5.41) is 4.94. The van der Waals surface area contributed by atoms with Gasteiger partial charge < -0.3 is 18.9 Å². The van der Waals surface area contributed by atoms with Crippen LogP contribution in [0.5, 0.6) is 0 Å². The molecule has 0 atom stereocenters. The maximum absolute atomic E-state index is 4.95. The number of hydrogen-bond donors (Lipinski definition) is 0. The second-order valence-electron chi connectivity index (χ2n) is 20.4. The second kappa shape index (κ2) is 16.0. The molecule has 13 aromatic rings. The number of anilines is 6. The van der Waals surface area contributed by atoms with Crippen molar-refractivity contribution >= 4 is 77.7 Å². The molecule has 0 radical (unpaired) electrons. The fraction of sp³-hybridized carbons (Fsp3) is 0.0580. The first-order chi connectivity index (χ1) is 36.5. The van der Waals surface area contributed by atoms with Gasteiger partial charge in [-0.2, -0.15) is 0 Å². The van der Waals surface area contributed by atoms with Gasteiger partial charge in [-0.1, -0.05) is 184 Å². The van der Waals surface area contributed by atoms with Gasteiger partial charge in [0.1, 0.15) is 0 Å². The number of rotatable bonds is 6. The molecule has 15 rings (SSSR count). The van der Waals surface area contributed by atoms with Crippen molar-refractivity contribution < 1.29 is 0 Å². The van der Waals surface area contributed by atoms with Crippen LogP contribution in [0.3, 0.4) is 0 Å². The molecular weight excluding hydrogens is 899 g/mol. The van der Waals surface area contributed by atoms with Crippen LogP contribution in [-0.4, -0.2) is 14.1 Å². The molecule has 350 valence electrons. The number of fused-ring (bicyclic) bond motifs is 10. The molecule has 0 spiro atoms. The summed E-state index contributed by atoms with van der Waals surface area (Å²) in [4.78, 5) is 9.93. The van der Waals surface area contributed by atoms with Crippen LogP contribution in [0, 0.1) is 0 Å². The maximum atomic E-state index is 4.95. The molecule has 3 aromatic heterocycles. The van der Waals surface area contributed by atoms with Gasteiger partial charge in [-0.05, 0) is 112 Å². The first-order valence-electron chi connectivity index (χ1n) is 25.6. The van der Waals surface area contributed by atoms with Gasteiger partial charge >= 0.3 is 0 Å². The molecular formula is C69H49N5. The van der Waals surface area contributed by atoms with E-state index in [0.29, 0.717) is 0 Å². The topological polar surface area (TPSA) is 29.2 Å². The molecule has 0 saturated heterocycles. The number of aromatic nitrogens is 3. The van der Waals surface area contributed by atoms with Gasteiger partial charge in [0.05, 0.1) is 73.5 Å². The Hall–Kier alpha value is -9.45. The Balaban J connectivity index is 1.02. The van der Waals surface area contributed by atoms with Gasteiger partial charge in [-0.25, -0.2) is 0 Å². The molecule has 10 aromatic carbocycles. The largest absolute Gasteiger partial charge is 0.310 e. The highest BCUT2D eigenvalue weighted by Gasteiger charge is 2.47. The minimum atomic E-state index is -0.633. The van der Waals surface area contributed by atoms with Gasteiger partial charge in [0.2, 0.25) is 0 Å². The number of nitrogens with zero attached hydrogens (tertiary/aromatic N) is 5. The highest BCUT2D eigenvalue weighted by atomic mass is 15.2. The molecule has 0 N–H and O–H groups in total. The van der Waals surface area contributed by atoms with Crippen molar-refractivity contribution in [3.63, 3.8) is 0 Å². The van der Waals surface area contributed by atoms with E-state index in [0.717, 1.165) is 56.5 Å². The van der Waals surface area contributed by atoms with Gasteiger partial charge in [-0.3, -0.25) is 4.98 Å². The lowest BCUT2D eigenvalue weighted by molar-refractivity contribution is 0.631. The van der Waals surface area contributed by atoms with Crippen LogP contribution >= 0.6 is 0 Å². The van der Waals surface area contributed by atoms with E-state index in [4.69, 9.17) is 4.98 Å². The molecule has 2 aliphatic heterocycles. The van der Waals surface area contributed by atoms with Crippen molar-refractivity contribution in [3.8, 4) is 11.4 Å². The molecule has 0 bridgehead atoms. The number of benzene rings is 10. The average molecular weight is 948 g/mol. The first kappa shape index (κ1) is 42.3. The van der Waals surface area contributed by atoms with Crippen molar-refractivity contribution in [2.75, 3.05) is 9.80 Å². The predicted molar refractivity (Wildman–Crippen MR) is 306 cm³/mol. The van der Waals surface area contributed by atoms with Crippen LogP contribution in [0.2, 0.25) is 0 Å². The molecule has 0 amide bonds. The number of para-hydroxylation sites is 6. The quantitative estimate of drug-likeness (QED) is 0.166. The molecule has 5 heterocycles. The van der Waals surface area contributed by atoms with Crippen LogP contribution in [0.15, 0.2) is 261 Å². The Morgan fingerprint density at radius 2 is 0.716 bits per heavy atom. The lowest BCUT2D eigenvalue weighted by atomic mass is 9.62. The summed E-state index contributed by atoms with van der Waals surface area (Å²) < 4.78 is 4.90. The van der Waals surface area contributed by atoms with Crippen molar-refractivity contribution in [1.29, 1.82) is 0 Å². The monoisotopic (exact) mass is 947 g/mol. The van der Waals surface area contributed by atoms with Gasteiger partial charge in [0, 0.05) is 38.8 Å². The molecule has 0 fully saturated rings. The Kier molecular flexibility index (Phi) is 9.15. The van der Waals surface area contributed by atoms with Gasteiger partial charge in [-0.15, -0.1) is 0 Å². The molecule has 0 aliphatic carbocycles. The fourth-order valence-electron chi connectivity index (χ4n) is 13.1. The predicted octanol–water partition coefficient (Wildman–Crippen LogP) is 17.6. The third-order valence-corrected chi connectivity index (χ3v) is 16.2. The van der Waals surface area contributed by atoms with Crippen molar-refractivity contribution in [1.82, 2.24) is 14.1 Å². The minimum absolute atomic E-state index is 0.334. The van der Waals surface area contributed by atoms with Crippen LogP contribution < -0.4 is 9.80 Å². The van der Waals surface area contributed by atoms with Gasteiger partial charge in [0.15, 0.2) is 0 Å². The lowest BCUT2D eigenvalue weighted by Gasteiger charge is -2.46. The van der Waals surface area contributed by atoms with Crippen LogP contribution in [0.1, 0.15) is 47.2 Å². The van der Waals surface area contributed by atoms with E-state index < -0.39 is 5.41 Å². The second-order valence-corrected chi connectivity index (χ2v) is 20.4. The van der Waals surface area contributed by atoms with Crippen molar-refractivity contribution in [2.24, 2.45) is 0 Å². The summed E-state index contributed by atoms with van der Waals surface area (Å²) in [7, 11) is 0. The van der Waals surface area contributed by atoms with Crippen molar-refractivity contribution in [3.05, 3.63) is 294 Å². The first-order valence-corrected chi connectivity index (χ1v) is 25.6. The molecule has 2 aliphatic rings. The summed E-state index contributed by atoms with van der Waals surface area (Å²) >= 11 is 0. The summed E-state index contributed by atoms with van der Waals surface area (Å²) in [5.41, 5.74) is 19.8. The Morgan fingerprint density at radius 3 is 1.27 bits per heavy atom. The summed E-state index contributed by atoms with van der Waals surface area (Å²) in [6.45, 7) is 4.77. The zero-order chi connectivity index (χ0) is 49.1. The molecule has 0 unspecified atom stereocenters. The van der Waals surface area contributed by atoms with Crippen LogP contribution in [0.25, 0.3) is 55.0 Å².